The van der Waals surface area contributed by atoms with E-state index in [1.807, 2.05) is 6.92 Å². The van der Waals surface area contributed by atoms with Gasteiger partial charge in [0.25, 0.3) is 0 Å². The molecule has 0 aromatic rings. The van der Waals surface area contributed by atoms with E-state index in [0.717, 1.165) is 32.1 Å². The van der Waals surface area contributed by atoms with E-state index in [1.54, 1.807) is 0 Å². The second-order valence-electron chi connectivity index (χ2n) is 4.51. The molecule has 3 N–H and O–H groups in total. The van der Waals surface area contributed by atoms with E-state index in [4.69, 9.17) is 10.8 Å². The zero-order valence-electron chi connectivity index (χ0n) is 9.37. The summed E-state index contributed by atoms with van der Waals surface area (Å²) >= 11 is 0. The SMILES string of the molecule is CCC(N)C1(CC(=O)O)CCCCC1.Cl. The standard InChI is InChI=1S/C11H21NO2.ClH/c1-2-9(12)11(8-10(13)14)6-4-3-5-7-11;/h9H,2-8,12H2,1H3,(H,13,14);1H. The van der Waals surface area contributed by atoms with Crippen LogP contribution in [0.1, 0.15) is 51.9 Å². The first-order valence-corrected chi connectivity index (χ1v) is 5.58. The fourth-order valence-corrected chi connectivity index (χ4v) is 2.67. The Bertz CT molecular complexity index is 203. The van der Waals surface area contributed by atoms with Gasteiger partial charge in [0.05, 0.1) is 6.42 Å². The maximum Gasteiger partial charge on any atom is 0.303 e. The maximum atomic E-state index is 10.8. The summed E-state index contributed by atoms with van der Waals surface area (Å²) in [7, 11) is 0. The second kappa shape index (κ2) is 6.33. The van der Waals surface area contributed by atoms with Crippen LogP contribution in [0.5, 0.6) is 0 Å². The zero-order valence-corrected chi connectivity index (χ0v) is 10.2. The Morgan fingerprint density at radius 3 is 2.33 bits per heavy atom. The number of hydrogen-bond donors (Lipinski definition) is 2. The predicted octanol–water partition coefficient (Wildman–Crippen LogP) is 2.57. The molecule has 0 radical (unpaired) electrons. The van der Waals surface area contributed by atoms with Crippen molar-refractivity contribution >= 4 is 18.4 Å². The number of halogens is 1. The monoisotopic (exact) mass is 235 g/mol. The summed E-state index contributed by atoms with van der Waals surface area (Å²) in [6, 6.07) is 0.0545. The van der Waals surface area contributed by atoms with Crippen LogP contribution >= 0.6 is 12.4 Å². The molecule has 0 aromatic heterocycles. The van der Waals surface area contributed by atoms with Gasteiger partial charge in [0.15, 0.2) is 0 Å². The van der Waals surface area contributed by atoms with Gasteiger partial charge in [-0.2, -0.15) is 0 Å². The smallest absolute Gasteiger partial charge is 0.303 e. The number of aliphatic carboxylic acids is 1. The molecule has 1 atom stereocenters. The molecule has 1 fully saturated rings. The van der Waals surface area contributed by atoms with Crippen LogP contribution in [0.15, 0.2) is 0 Å². The molecule has 1 saturated carbocycles. The third kappa shape index (κ3) is 3.65. The van der Waals surface area contributed by atoms with E-state index in [0.29, 0.717) is 0 Å². The molecule has 3 nitrogen and oxygen atoms in total. The van der Waals surface area contributed by atoms with Crippen molar-refractivity contribution in [3.63, 3.8) is 0 Å². The molecule has 1 unspecified atom stereocenters. The van der Waals surface area contributed by atoms with Crippen molar-refractivity contribution in [3.05, 3.63) is 0 Å². The molecule has 0 heterocycles. The summed E-state index contributed by atoms with van der Waals surface area (Å²) in [5.41, 5.74) is 5.96. The van der Waals surface area contributed by atoms with Gasteiger partial charge in [-0.15, -0.1) is 12.4 Å². The quantitative estimate of drug-likeness (QED) is 0.787. The first-order valence-electron chi connectivity index (χ1n) is 5.58. The van der Waals surface area contributed by atoms with Gasteiger partial charge in [0.2, 0.25) is 0 Å². The van der Waals surface area contributed by atoms with Gasteiger partial charge < -0.3 is 10.8 Å². The van der Waals surface area contributed by atoms with E-state index in [2.05, 4.69) is 0 Å². The highest BCUT2D eigenvalue weighted by Gasteiger charge is 2.38. The molecule has 1 rings (SSSR count). The third-order valence-corrected chi connectivity index (χ3v) is 3.58. The highest BCUT2D eigenvalue weighted by molar-refractivity contribution is 5.85. The van der Waals surface area contributed by atoms with Crippen molar-refractivity contribution in [1.29, 1.82) is 0 Å². The summed E-state index contributed by atoms with van der Waals surface area (Å²) in [5, 5.41) is 8.92. The van der Waals surface area contributed by atoms with E-state index >= 15 is 0 Å². The van der Waals surface area contributed by atoms with Gasteiger partial charge in [-0.05, 0) is 24.7 Å². The normalized spacial score (nSPS) is 21.5. The molecule has 15 heavy (non-hydrogen) atoms. The fraction of sp³-hybridized carbons (Fsp3) is 0.909. The predicted molar refractivity (Wildman–Crippen MR) is 63.3 cm³/mol. The number of nitrogens with two attached hydrogens (primary N) is 1. The Morgan fingerprint density at radius 2 is 1.93 bits per heavy atom. The number of carboxylic acids is 1. The van der Waals surface area contributed by atoms with Crippen molar-refractivity contribution in [1.82, 2.24) is 0 Å². The van der Waals surface area contributed by atoms with Crippen LogP contribution in [0.4, 0.5) is 0 Å². The Hall–Kier alpha value is -0.280. The Morgan fingerprint density at radius 1 is 1.40 bits per heavy atom. The summed E-state index contributed by atoms with van der Waals surface area (Å²) in [6.07, 6.45) is 6.64. The fourth-order valence-electron chi connectivity index (χ4n) is 2.67. The lowest BCUT2D eigenvalue weighted by Crippen LogP contribution is -2.44. The van der Waals surface area contributed by atoms with E-state index in [9.17, 15) is 4.79 Å². The highest BCUT2D eigenvalue weighted by Crippen LogP contribution is 2.42. The van der Waals surface area contributed by atoms with Crippen LogP contribution in [0.3, 0.4) is 0 Å². The molecule has 0 aliphatic heterocycles. The van der Waals surface area contributed by atoms with Crippen molar-refractivity contribution < 1.29 is 9.90 Å². The lowest BCUT2D eigenvalue weighted by atomic mass is 9.66. The van der Waals surface area contributed by atoms with Crippen molar-refractivity contribution in [2.45, 2.75) is 57.9 Å². The molecule has 0 spiro atoms. The van der Waals surface area contributed by atoms with Crippen molar-refractivity contribution in [2.75, 3.05) is 0 Å². The lowest BCUT2D eigenvalue weighted by Gasteiger charge is -2.40. The third-order valence-electron chi connectivity index (χ3n) is 3.58. The number of hydrogen-bond acceptors (Lipinski definition) is 2. The van der Waals surface area contributed by atoms with Gasteiger partial charge in [0, 0.05) is 6.04 Å². The Balaban J connectivity index is 0.00000196. The summed E-state index contributed by atoms with van der Waals surface area (Å²) < 4.78 is 0. The number of carbonyl (C=O) groups is 1. The van der Waals surface area contributed by atoms with E-state index < -0.39 is 5.97 Å². The van der Waals surface area contributed by atoms with Crippen LogP contribution in [0.2, 0.25) is 0 Å². The molecule has 1 aliphatic rings. The minimum absolute atomic E-state index is 0. The summed E-state index contributed by atoms with van der Waals surface area (Å²) in [4.78, 5) is 10.8. The first-order chi connectivity index (χ1) is 6.60. The lowest BCUT2D eigenvalue weighted by molar-refractivity contribution is -0.140. The van der Waals surface area contributed by atoms with E-state index in [-0.39, 0.29) is 30.3 Å². The zero-order chi connectivity index (χ0) is 10.6. The number of rotatable bonds is 4. The minimum atomic E-state index is -0.698. The second-order valence-corrected chi connectivity index (χ2v) is 4.51. The molecular formula is C11H22ClNO2. The summed E-state index contributed by atoms with van der Waals surface area (Å²) in [5.74, 6) is -0.698. The Kier molecular flexibility index (Phi) is 6.22. The first kappa shape index (κ1) is 14.7. The van der Waals surface area contributed by atoms with Gasteiger partial charge in [-0.25, -0.2) is 0 Å². The molecule has 4 heteroatoms. The summed E-state index contributed by atoms with van der Waals surface area (Å²) in [6.45, 7) is 2.04. The molecule has 0 saturated heterocycles. The highest BCUT2D eigenvalue weighted by atomic mass is 35.5. The average Bonchev–Trinajstić information content (AvgIpc) is 2.17. The Labute approximate surface area is 97.8 Å². The van der Waals surface area contributed by atoms with Crippen molar-refractivity contribution in [3.8, 4) is 0 Å². The average molecular weight is 236 g/mol. The number of carboxylic acid groups (broad SMARTS) is 1. The molecule has 0 amide bonds. The topological polar surface area (TPSA) is 63.3 Å². The molecule has 0 aromatic carbocycles. The maximum absolute atomic E-state index is 10.8. The van der Waals surface area contributed by atoms with Gasteiger partial charge in [0.1, 0.15) is 0 Å². The molecule has 90 valence electrons. The van der Waals surface area contributed by atoms with Crippen LogP contribution in [-0.2, 0) is 4.79 Å². The van der Waals surface area contributed by atoms with Crippen LogP contribution in [0.25, 0.3) is 0 Å². The van der Waals surface area contributed by atoms with E-state index in [1.165, 1.54) is 6.42 Å². The van der Waals surface area contributed by atoms with Gasteiger partial charge in [-0.3, -0.25) is 4.79 Å². The molecule has 1 aliphatic carbocycles. The van der Waals surface area contributed by atoms with Crippen LogP contribution in [0, 0.1) is 5.41 Å². The van der Waals surface area contributed by atoms with Gasteiger partial charge in [-0.1, -0.05) is 26.2 Å². The minimum Gasteiger partial charge on any atom is -0.481 e. The van der Waals surface area contributed by atoms with Gasteiger partial charge >= 0.3 is 5.97 Å². The largest absolute Gasteiger partial charge is 0.481 e. The molecule has 0 bridgehead atoms. The van der Waals surface area contributed by atoms with Crippen LogP contribution in [-0.4, -0.2) is 17.1 Å². The molecular weight excluding hydrogens is 214 g/mol. The van der Waals surface area contributed by atoms with Crippen molar-refractivity contribution in [2.24, 2.45) is 11.1 Å². The van der Waals surface area contributed by atoms with Crippen LogP contribution < -0.4 is 5.73 Å².